The molecule has 3 nitrogen and oxygen atoms in total. The number of nitrogens with one attached hydrogen (secondary N) is 1. The van der Waals surface area contributed by atoms with E-state index in [1.807, 2.05) is 64.1 Å². The van der Waals surface area contributed by atoms with Crippen LogP contribution in [0.1, 0.15) is 47.8 Å². The standard InChI is InChI=1S/C19H21NO2/c1-11-5-7-13(8-6-11)17(21)14-9-12(2)10-15-16(14)20-18(22)19(15,3)4/h5-10,17,21H,1-4H3,(H,20,22). The predicted molar refractivity (Wildman–Crippen MR) is 88.1 cm³/mol. The zero-order valence-corrected chi connectivity index (χ0v) is 13.4. The smallest absolute Gasteiger partial charge is 0.234 e. The molecule has 114 valence electrons. The molecule has 2 aromatic rings. The molecule has 22 heavy (non-hydrogen) atoms. The predicted octanol–water partition coefficient (Wildman–Crippen LogP) is 3.61. The van der Waals surface area contributed by atoms with E-state index in [0.717, 1.165) is 33.5 Å². The van der Waals surface area contributed by atoms with Gasteiger partial charge in [-0.3, -0.25) is 4.79 Å². The zero-order chi connectivity index (χ0) is 16.1. The van der Waals surface area contributed by atoms with Crippen LogP contribution in [0.15, 0.2) is 36.4 Å². The third-order valence-corrected chi connectivity index (χ3v) is 4.48. The highest BCUT2D eigenvalue weighted by Crippen LogP contribution is 2.43. The summed E-state index contributed by atoms with van der Waals surface area (Å²) in [6.07, 6.45) is -0.747. The Morgan fingerprint density at radius 2 is 1.68 bits per heavy atom. The third kappa shape index (κ3) is 2.22. The average molecular weight is 295 g/mol. The van der Waals surface area contributed by atoms with Crippen LogP contribution in [0.5, 0.6) is 0 Å². The van der Waals surface area contributed by atoms with Gasteiger partial charge in [0.2, 0.25) is 5.91 Å². The van der Waals surface area contributed by atoms with Crippen molar-refractivity contribution in [3.8, 4) is 0 Å². The summed E-state index contributed by atoms with van der Waals surface area (Å²) < 4.78 is 0. The largest absolute Gasteiger partial charge is 0.384 e. The Morgan fingerprint density at radius 3 is 2.32 bits per heavy atom. The fourth-order valence-electron chi connectivity index (χ4n) is 2.98. The lowest BCUT2D eigenvalue weighted by molar-refractivity contribution is -0.119. The molecule has 3 heteroatoms. The monoisotopic (exact) mass is 295 g/mol. The van der Waals surface area contributed by atoms with Crippen molar-refractivity contribution in [3.63, 3.8) is 0 Å². The van der Waals surface area contributed by atoms with Crippen LogP contribution in [0.4, 0.5) is 5.69 Å². The van der Waals surface area contributed by atoms with E-state index in [1.165, 1.54) is 0 Å². The molecule has 1 aliphatic heterocycles. The minimum Gasteiger partial charge on any atom is -0.384 e. The number of rotatable bonds is 2. The molecular formula is C19H21NO2. The van der Waals surface area contributed by atoms with Crippen LogP contribution in [0.25, 0.3) is 0 Å². The normalized spacial score (nSPS) is 17.0. The lowest BCUT2D eigenvalue weighted by Crippen LogP contribution is -2.26. The van der Waals surface area contributed by atoms with Crippen LogP contribution in [-0.2, 0) is 10.2 Å². The molecule has 1 unspecified atom stereocenters. The second-order valence-corrected chi connectivity index (χ2v) is 6.67. The van der Waals surface area contributed by atoms with E-state index in [4.69, 9.17) is 0 Å². The topological polar surface area (TPSA) is 49.3 Å². The van der Waals surface area contributed by atoms with Crippen molar-refractivity contribution < 1.29 is 9.90 Å². The maximum Gasteiger partial charge on any atom is 0.234 e. The number of benzene rings is 2. The lowest BCUT2D eigenvalue weighted by Gasteiger charge is -2.19. The van der Waals surface area contributed by atoms with E-state index in [2.05, 4.69) is 5.32 Å². The summed E-state index contributed by atoms with van der Waals surface area (Å²) in [5.41, 5.74) is 4.94. The van der Waals surface area contributed by atoms with Gasteiger partial charge in [0.1, 0.15) is 6.10 Å². The highest BCUT2D eigenvalue weighted by atomic mass is 16.3. The van der Waals surface area contributed by atoms with E-state index in [1.54, 1.807) is 0 Å². The highest BCUT2D eigenvalue weighted by Gasteiger charge is 2.40. The van der Waals surface area contributed by atoms with Gasteiger partial charge in [0, 0.05) is 5.56 Å². The quantitative estimate of drug-likeness (QED) is 0.889. The molecule has 0 saturated carbocycles. The van der Waals surface area contributed by atoms with Crippen molar-refractivity contribution >= 4 is 11.6 Å². The van der Waals surface area contributed by atoms with Gasteiger partial charge in [-0.25, -0.2) is 0 Å². The number of carbonyl (C=O) groups excluding carboxylic acids is 1. The Hall–Kier alpha value is -2.13. The number of amides is 1. The SMILES string of the molecule is Cc1ccc(C(O)c2cc(C)cc3c2NC(=O)C3(C)C)cc1. The molecule has 1 amide bonds. The number of anilines is 1. The van der Waals surface area contributed by atoms with Gasteiger partial charge < -0.3 is 10.4 Å². The van der Waals surface area contributed by atoms with Gasteiger partial charge >= 0.3 is 0 Å². The second-order valence-electron chi connectivity index (χ2n) is 6.67. The number of fused-ring (bicyclic) bond motifs is 1. The highest BCUT2D eigenvalue weighted by molar-refractivity contribution is 6.06. The summed E-state index contributed by atoms with van der Waals surface area (Å²) in [4.78, 5) is 12.2. The number of hydrogen-bond donors (Lipinski definition) is 2. The fraction of sp³-hybridized carbons (Fsp3) is 0.316. The summed E-state index contributed by atoms with van der Waals surface area (Å²) in [7, 11) is 0. The van der Waals surface area contributed by atoms with Crippen molar-refractivity contribution in [2.24, 2.45) is 0 Å². The maximum absolute atomic E-state index is 12.2. The molecule has 0 fully saturated rings. The van der Waals surface area contributed by atoms with E-state index < -0.39 is 11.5 Å². The molecule has 2 aromatic carbocycles. The Balaban J connectivity index is 2.13. The molecule has 1 atom stereocenters. The van der Waals surface area contributed by atoms with Gasteiger partial charge in [-0.2, -0.15) is 0 Å². The third-order valence-electron chi connectivity index (χ3n) is 4.48. The maximum atomic E-state index is 12.2. The molecule has 0 aliphatic carbocycles. The van der Waals surface area contributed by atoms with Gasteiger partial charge in [0.05, 0.1) is 11.1 Å². The summed E-state index contributed by atoms with van der Waals surface area (Å²) in [6, 6.07) is 11.8. The Kier molecular flexibility index (Phi) is 3.33. The molecule has 0 bridgehead atoms. The Labute approximate surface area is 131 Å². The van der Waals surface area contributed by atoms with Crippen LogP contribution >= 0.6 is 0 Å². The van der Waals surface area contributed by atoms with Crippen molar-refractivity contribution in [1.29, 1.82) is 0 Å². The summed E-state index contributed by atoms with van der Waals surface area (Å²) >= 11 is 0. The zero-order valence-electron chi connectivity index (χ0n) is 13.4. The minimum absolute atomic E-state index is 0.0227. The fourth-order valence-corrected chi connectivity index (χ4v) is 2.98. The Bertz CT molecular complexity index is 745. The number of carbonyl (C=O) groups is 1. The van der Waals surface area contributed by atoms with Crippen molar-refractivity contribution in [2.45, 2.75) is 39.2 Å². The molecular weight excluding hydrogens is 274 g/mol. The second kappa shape index (κ2) is 4.96. The molecule has 1 heterocycles. The number of aliphatic hydroxyl groups is 1. The minimum atomic E-state index is -0.747. The lowest BCUT2D eigenvalue weighted by atomic mass is 9.83. The summed E-state index contributed by atoms with van der Waals surface area (Å²) in [6.45, 7) is 7.83. The van der Waals surface area contributed by atoms with E-state index >= 15 is 0 Å². The molecule has 0 saturated heterocycles. The molecule has 2 N–H and O–H groups in total. The van der Waals surface area contributed by atoms with Crippen molar-refractivity contribution in [1.82, 2.24) is 0 Å². The van der Waals surface area contributed by atoms with Gasteiger partial charge in [0.15, 0.2) is 0 Å². The first-order chi connectivity index (χ1) is 10.3. The van der Waals surface area contributed by atoms with Crippen LogP contribution in [0.3, 0.4) is 0 Å². The van der Waals surface area contributed by atoms with Gasteiger partial charge in [-0.1, -0.05) is 47.5 Å². The molecule has 0 radical (unpaired) electrons. The van der Waals surface area contributed by atoms with Gasteiger partial charge in [-0.15, -0.1) is 0 Å². The summed E-state index contributed by atoms with van der Waals surface area (Å²) in [5, 5.41) is 13.7. The summed E-state index contributed by atoms with van der Waals surface area (Å²) in [5.74, 6) is -0.0227. The van der Waals surface area contributed by atoms with E-state index in [0.29, 0.717) is 0 Å². The van der Waals surface area contributed by atoms with Crippen LogP contribution < -0.4 is 5.32 Å². The van der Waals surface area contributed by atoms with Crippen LogP contribution in [0.2, 0.25) is 0 Å². The first-order valence-corrected chi connectivity index (χ1v) is 7.52. The van der Waals surface area contributed by atoms with Gasteiger partial charge in [0.25, 0.3) is 0 Å². The molecule has 0 spiro atoms. The van der Waals surface area contributed by atoms with Crippen LogP contribution in [0, 0.1) is 13.8 Å². The molecule has 1 aliphatic rings. The number of aryl methyl sites for hydroxylation is 2. The first kappa shape index (κ1) is 14.8. The Morgan fingerprint density at radius 1 is 1.05 bits per heavy atom. The van der Waals surface area contributed by atoms with Crippen molar-refractivity contribution in [2.75, 3.05) is 5.32 Å². The number of hydrogen-bond acceptors (Lipinski definition) is 2. The molecule has 3 rings (SSSR count). The first-order valence-electron chi connectivity index (χ1n) is 7.52. The number of aliphatic hydroxyl groups excluding tert-OH is 1. The van der Waals surface area contributed by atoms with E-state index in [9.17, 15) is 9.90 Å². The van der Waals surface area contributed by atoms with E-state index in [-0.39, 0.29) is 5.91 Å². The van der Waals surface area contributed by atoms with Crippen molar-refractivity contribution in [3.05, 3.63) is 64.2 Å². The average Bonchev–Trinajstić information content (AvgIpc) is 2.69. The van der Waals surface area contributed by atoms with Crippen LogP contribution in [-0.4, -0.2) is 11.0 Å². The van der Waals surface area contributed by atoms with Gasteiger partial charge in [-0.05, 0) is 38.8 Å². The molecule has 0 aromatic heterocycles.